The van der Waals surface area contributed by atoms with Gasteiger partial charge in [-0.3, -0.25) is 9.48 Å². The minimum Gasteiger partial charge on any atom is -0.319 e. The molecule has 1 heterocycles. The second-order valence-corrected chi connectivity index (χ2v) is 4.24. The van der Waals surface area contributed by atoms with Crippen molar-refractivity contribution < 1.29 is 4.79 Å². The molecule has 0 radical (unpaired) electrons. The van der Waals surface area contributed by atoms with Crippen LogP contribution in [0.15, 0.2) is 12.3 Å². The number of hydrogen-bond donors (Lipinski definition) is 1. The molecule has 1 aliphatic carbocycles. The Morgan fingerprint density at radius 3 is 2.79 bits per heavy atom. The molecule has 1 fully saturated rings. The van der Waals surface area contributed by atoms with Gasteiger partial charge in [0.2, 0.25) is 5.78 Å². The second-order valence-electron chi connectivity index (χ2n) is 4.24. The summed E-state index contributed by atoms with van der Waals surface area (Å²) < 4.78 is 1.73. The molecule has 1 saturated carbocycles. The third-order valence-corrected chi connectivity index (χ3v) is 2.63. The van der Waals surface area contributed by atoms with Crippen molar-refractivity contribution in [2.24, 2.45) is 5.73 Å². The summed E-state index contributed by atoms with van der Waals surface area (Å²) in [6.07, 6.45) is 3.25. The first kappa shape index (κ1) is 9.40. The zero-order valence-corrected chi connectivity index (χ0v) is 8.53. The van der Waals surface area contributed by atoms with Gasteiger partial charge < -0.3 is 5.73 Å². The zero-order chi connectivity index (χ0) is 10.3. The van der Waals surface area contributed by atoms with Crippen LogP contribution in [0.1, 0.15) is 43.2 Å². The lowest BCUT2D eigenvalue weighted by molar-refractivity contribution is 0.0936. The third kappa shape index (κ3) is 1.35. The highest BCUT2D eigenvalue weighted by Crippen LogP contribution is 2.35. The van der Waals surface area contributed by atoms with Gasteiger partial charge in [0.1, 0.15) is 5.69 Å². The second kappa shape index (κ2) is 2.92. The van der Waals surface area contributed by atoms with Crippen molar-refractivity contribution in [2.75, 3.05) is 0 Å². The van der Waals surface area contributed by atoms with E-state index >= 15 is 0 Å². The molecule has 2 rings (SSSR count). The highest BCUT2D eigenvalue weighted by Gasteiger charge is 2.47. The maximum atomic E-state index is 11.9. The number of Topliss-reactive ketones (excluding diaryl/α,β-unsaturated/α-hetero) is 1. The number of nitrogens with zero attached hydrogens (tertiary/aromatic N) is 2. The summed E-state index contributed by atoms with van der Waals surface area (Å²) in [5, 5.41) is 4.12. The van der Waals surface area contributed by atoms with Crippen molar-refractivity contribution in [2.45, 2.75) is 38.3 Å². The first-order valence-electron chi connectivity index (χ1n) is 4.92. The van der Waals surface area contributed by atoms with Gasteiger partial charge in [0.05, 0.1) is 5.54 Å². The van der Waals surface area contributed by atoms with Crippen LogP contribution in [0.3, 0.4) is 0 Å². The Morgan fingerprint density at radius 1 is 1.64 bits per heavy atom. The molecule has 1 aromatic rings. The van der Waals surface area contributed by atoms with Crippen LogP contribution < -0.4 is 5.73 Å². The van der Waals surface area contributed by atoms with Crippen molar-refractivity contribution in [3.63, 3.8) is 0 Å². The maximum absolute atomic E-state index is 11.9. The molecule has 0 spiro atoms. The van der Waals surface area contributed by atoms with E-state index in [0.717, 1.165) is 12.8 Å². The third-order valence-electron chi connectivity index (χ3n) is 2.63. The van der Waals surface area contributed by atoms with E-state index in [2.05, 4.69) is 5.10 Å². The van der Waals surface area contributed by atoms with E-state index in [0.29, 0.717) is 5.69 Å². The van der Waals surface area contributed by atoms with Crippen molar-refractivity contribution in [3.05, 3.63) is 18.0 Å². The first-order chi connectivity index (χ1) is 6.54. The Hall–Kier alpha value is -1.16. The van der Waals surface area contributed by atoms with Gasteiger partial charge in [0.15, 0.2) is 0 Å². The van der Waals surface area contributed by atoms with E-state index in [-0.39, 0.29) is 11.8 Å². The fourth-order valence-electron chi connectivity index (χ4n) is 1.52. The minimum atomic E-state index is -0.591. The molecule has 0 unspecified atom stereocenters. The van der Waals surface area contributed by atoms with Gasteiger partial charge in [-0.25, -0.2) is 0 Å². The summed E-state index contributed by atoms with van der Waals surface area (Å²) in [7, 11) is 0. The van der Waals surface area contributed by atoms with Crippen LogP contribution in [0.25, 0.3) is 0 Å². The molecule has 14 heavy (non-hydrogen) atoms. The van der Waals surface area contributed by atoms with Crippen molar-refractivity contribution >= 4 is 5.78 Å². The number of rotatable bonds is 3. The predicted octanol–water partition coefficient (Wildman–Crippen LogP) is 1.14. The Balaban J connectivity index is 2.32. The SMILES string of the molecule is CC(C)n1nccc1C(=O)C1(N)CC1. The van der Waals surface area contributed by atoms with Gasteiger partial charge in [0, 0.05) is 12.2 Å². The van der Waals surface area contributed by atoms with Gasteiger partial charge in [-0.15, -0.1) is 0 Å². The Bertz CT molecular complexity index is 363. The quantitative estimate of drug-likeness (QED) is 0.732. The Morgan fingerprint density at radius 2 is 2.29 bits per heavy atom. The smallest absolute Gasteiger partial charge is 0.200 e. The minimum absolute atomic E-state index is 0.0312. The number of hydrogen-bond acceptors (Lipinski definition) is 3. The van der Waals surface area contributed by atoms with E-state index in [1.807, 2.05) is 13.8 Å². The Labute approximate surface area is 83.1 Å². The molecule has 0 atom stereocenters. The highest BCUT2D eigenvalue weighted by molar-refractivity contribution is 6.03. The predicted molar refractivity (Wildman–Crippen MR) is 53.1 cm³/mol. The van der Waals surface area contributed by atoms with Gasteiger partial charge in [0.25, 0.3) is 0 Å². The number of ketones is 1. The summed E-state index contributed by atoms with van der Waals surface area (Å²) in [5.74, 6) is 0.0312. The molecule has 4 heteroatoms. The molecule has 76 valence electrons. The number of carbonyl (C=O) groups is 1. The number of aromatic nitrogens is 2. The topological polar surface area (TPSA) is 60.9 Å². The molecule has 2 N–H and O–H groups in total. The average Bonchev–Trinajstić information content (AvgIpc) is 2.69. The molecule has 1 aliphatic rings. The van der Waals surface area contributed by atoms with E-state index in [4.69, 9.17) is 5.73 Å². The van der Waals surface area contributed by atoms with E-state index in [9.17, 15) is 4.79 Å². The molecule has 0 amide bonds. The normalized spacial score (nSPS) is 18.6. The standard InChI is InChI=1S/C10H15N3O/c1-7(2)13-8(3-6-12-13)9(14)10(11)4-5-10/h3,6-7H,4-5,11H2,1-2H3. The number of carbonyl (C=O) groups excluding carboxylic acids is 1. The Kier molecular flexibility index (Phi) is 1.96. The lowest BCUT2D eigenvalue weighted by Crippen LogP contribution is -2.34. The highest BCUT2D eigenvalue weighted by atomic mass is 16.1. The monoisotopic (exact) mass is 193 g/mol. The number of nitrogens with two attached hydrogens (primary N) is 1. The van der Waals surface area contributed by atoms with Crippen LogP contribution >= 0.6 is 0 Å². The molecule has 1 aromatic heterocycles. The maximum Gasteiger partial charge on any atom is 0.200 e. The molecule has 0 bridgehead atoms. The average molecular weight is 193 g/mol. The fraction of sp³-hybridized carbons (Fsp3) is 0.600. The van der Waals surface area contributed by atoms with Crippen molar-refractivity contribution in [1.82, 2.24) is 9.78 Å². The summed E-state index contributed by atoms with van der Waals surface area (Å²) in [4.78, 5) is 11.9. The molecule has 0 aromatic carbocycles. The van der Waals surface area contributed by atoms with E-state index in [1.165, 1.54) is 0 Å². The van der Waals surface area contributed by atoms with Crippen LogP contribution in [0.4, 0.5) is 0 Å². The summed E-state index contributed by atoms with van der Waals surface area (Å²) in [6, 6.07) is 1.95. The zero-order valence-electron chi connectivity index (χ0n) is 8.53. The molecular weight excluding hydrogens is 178 g/mol. The van der Waals surface area contributed by atoms with Crippen LogP contribution in [-0.4, -0.2) is 21.1 Å². The molecule has 0 saturated heterocycles. The first-order valence-corrected chi connectivity index (χ1v) is 4.92. The molecule has 4 nitrogen and oxygen atoms in total. The van der Waals surface area contributed by atoms with Crippen molar-refractivity contribution in [1.29, 1.82) is 0 Å². The van der Waals surface area contributed by atoms with Crippen LogP contribution in [0.2, 0.25) is 0 Å². The van der Waals surface area contributed by atoms with Gasteiger partial charge in [-0.05, 0) is 32.8 Å². The lowest BCUT2D eigenvalue weighted by atomic mass is 10.1. The molecular formula is C10H15N3O. The largest absolute Gasteiger partial charge is 0.319 e. The molecule has 0 aliphatic heterocycles. The summed E-state index contributed by atoms with van der Waals surface area (Å²) in [5.41, 5.74) is 5.91. The van der Waals surface area contributed by atoms with E-state index < -0.39 is 5.54 Å². The summed E-state index contributed by atoms with van der Waals surface area (Å²) >= 11 is 0. The fourth-order valence-corrected chi connectivity index (χ4v) is 1.52. The van der Waals surface area contributed by atoms with Crippen LogP contribution in [0, 0.1) is 0 Å². The van der Waals surface area contributed by atoms with Gasteiger partial charge in [-0.2, -0.15) is 5.10 Å². The van der Waals surface area contributed by atoms with Crippen LogP contribution in [-0.2, 0) is 0 Å². The summed E-state index contributed by atoms with van der Waals surface area (Å²) in [6.45, 7) is 4.00. The van der Waals surface area contributed by atoms with Crippen molar-refractivity contribution in [3.8, 4) is 0 Å². The van der Waals surface area contributed by atoms with E-state index in [1.54, 1.807) is 16.9 Å². The van der Waals surface area contributed by atoms with Crippen LogP contribution in [0.5, 0.6) is 0 Å². The van der Waals surface area contributed by atoms with Gasteiger partial charge in [-0.1, -0.05) is 0 Å². The lowest BCUT2D eigenvalue weighted by Gasteiger charge is -2.12. The van der Waals surface area contributed by atoms with Gasteiger partial charge >= 0.3 is 0 Å².